The summed E-state index contributed by atoms with van der Waals surface area (Å²) in [5, 5.41) is 0. The molecule has 0 aliphatic heterocycles. The molecule has 0 aliphatic rings. The van der Waals surface area contributed by atoms with Crippen LogP contribution in [0.3, 0.4) is 0 Å². The van der Waals surface area contributed by atoms with Crippen molar-refractivity contribution in [3.05, 3.63) is 0 Å². The topological polar surface area (TPSA) is 12.4 Å². The van der Waals surface area contributed by atoms with Crippen LogP contribution in [-0.4, -0.2) is 13.6 Å². The predicted octanol–water partition coefficient (Wildman–Crippen LogP) is 1.72. The summed E-state index contributed by atoms with van der Waals surface area (Å²) in [5.74, 6) is 0. The molecule has 0 heterocycles. The Labute approximate surface area is 46.1 Å². The third kappa shape index (κ3) is 5.86. The molecule has 0 saturated carbocycles. The van der Waals surface area contributed by atoms with Crippen LogP contribution >= 0.6 is 0 Å². The van der Waals surface area contributed by atoms with Crippen molar-refractivity contribution in [1.82, 2.24) is 0 Å². The molecule has 2 heteroatoms. The minimum absolute atomic E-state index is 0.931. The summed E-state index contributed by atoms with van der Waals surface area (Å²) in [5.41, 5.74) is 0. The van der Waals surface area contributed by atoms with E-state index in [2.05, 4.69) is 11.8 Å². The summed E-state index contributed by atoms with van der Waals surface area (Å²) in [4.78, 5) is 4.04. The van der Waals surface area contributed by atoms with Gasteiger partial charge in [0.15, 0.2) is 0 Å². The molecular formula is C5H12BN. The van der Waals surface area contributed by atoms with Gasteiger partial charge in [-0.1, -0.05) is 0 Å². The predicted molar refractivity (Wildman–Crippen MR) is 33.8 cm³/mol. The Hall–Kier alpha value is -0.135. The van der Waals surface area contributed by atoms with Crippen molar-refractivity contribution in [1.29, 1.82) is 0 Å². The third-order valence-corrected chi connectivity index (χ3v) is 0.729. The summed E-state index contributed by atoms with van der Waals surface area (Å²) in [6.07, 6.45) is 2.34. The molecule has 0 unspecified atom stereocenters. The molecule has 0 saturated heterocycles. The van der Waals surface area contributed by atoms with Crippen LogP contribution in [0.5, 0.6) is 0 Å². The molecule has 0 aromatic carbocycles. The molecule has 0 rings (SSSR count). The summed E-state index contributed by atoms with van der Waals surface area (Å²) >= 11 is 0. The molecule has 0 aliphatic carbocycles. The molecule has 1 nitrogen and oxygen atoms in total. The van der Waals surface area contributed by atoms with E-state index < -0.39 is 0 Å². The number of nitrogens with zero attached hydrogens (tertiary/aromatic N) is 1. The maximum atomic E-state index is 4.04. The summed E-state index contributed by atoms with van der Waals surface area (Å²) in [7, 11) is 1.99. The second-order valence-electron chi connectivity index (χ2n) is 1.47. The van der Waals surface area contributed by atoms with Crippen LogP contribution in [0.2, 0.25) is 6.32 Å². The van der Waals surface area contributed by atoms with Gasteiger partial charge in [-0.3, -0.25) is 0 Å². The van der Waals surface area contributed by atoms with Crippen molar-refractivity contribution >= 4 is 7.07 Å². The number of hydrogen-bond acceptors (Lipinski definition) is 1. The molecular weight excluding hydrogens is 84.9 g/mol. The van der Waals surface area contributed by atoms with E-state index in [0.717, 1.165) is 12.9 Å². The fourth-order valence-corrected chi connectivity index (χ4v) is 0.349. The van der Waals surface area contributed by atoms with Crippen molar-refractivity contribution < 1.29 is 0 Å². The fraction of sp³-hybridized carbons (Fsp3) is 1.00. The van der Waals surface area contributed by atoms with E-state index in [-0.39, 0.29) is 0 Å². The Morgan fingerprint density at radius 2 is 2.14 bits per heavy atom. The standard InChI is InChI=1S/C5H12BN/c1-3-5-6-7-4-2/h3-5H2,1-2H3. The van der Waals surface area contributed by atoms with E-state index >= 15 is 0 Å². The summed E-state index contributed by atoms with van der Waals surface area (Å²) in [6.45, 7) is 5.13. The van der Waals surface area contributed by atoms with E-state index in [1.165, 1.54) is 6.42 Å². The van der Waals surface area contributed by atoms with Gasteiger partial charge in [0.2, 0.25) is 0 Å². The second-order valence-corrected chi connectivity index (χ2v) is 1.47. The van der Waals surface area contributed by atoms with E-state index in [0.29, 0.717) is 0 Å². The van der Waals surface area contributed by atoms with Gasteiger partial charge in [0.25, 0.3) is 0 Å². The Morgan fingerprint density at radius 1 is 1.43 bits per heavy atom. The molecule has 7 heavy (non-hydrogen) atoms. The van der Waals surface area contributed by atoms with Gasteiger partial charge >= 0.3 is 45.1 Å². The molecule has 0 spiro atoms. The van der Waals surface area contributed by atoms with Gasteiger partial charge in [-0.05, 0) is 0 Å². The van der Waals surface area contributed by atoms with Crippen LogP contribution in [0.1, 0.15) is 20.3 Å². The molecule has 0 amide bonds. The van der Waals surface area contributed by atoms with Crippen molar-refractivity contribution in [3.8, 4) is 0 Å². The van der Waals surface area contributed by atoms with Crippen molar-refractivity contribution in [2.45, 2.75) is 26.6 Å². The summed E-state index contributed by atoms with van der Waals surface area (Å²) < 4.78 is 0. The SMILES string of the molecule is CCCB=NCC. The van der Waals surface area contributed by atoms with Gasteiger partial charge < -0.3 is 0 Å². The summed E-state index contributed by atoms with van der Waals surface area (Å²) in [6, 6.07) is 0. The normalized spacial score (nSPS) is 9.43. The average molecular weight is 97.0 g/mol. The van der Waals surface area contributed by atoms with Gasteiger partial charge in [0, 0.05) is 0 Å². The van der Waals surface area contributed by atoms with Gasteiger partial charge in [-0.2, -0.15) is 0 Å². The second kappa shape index (κ2) is 5.86. The molecule has 0 aromatic rings. The van der Waals surface area contributed by atoms with Gasteiger partial charge in [-0.25, -0.2) is 0 Å². The van der Waals surface area contributed by atoms with Crippen LogP contribution in [0.15, 0.2) is 4.90 Å². The monoisotopic (exact) mass is 97.1 g/mol. The zero-order chi connectivity index (χ0) is 5.54. The van der Waals surface area contributed by atoms with Gasteiger partial charge in [0.05, 0.1) is 0 Å². The molecule has 0 bridgehead atoms. The van der Waals surface area contributed by atoms with Crippen molar-refractivity contribution in [2.24, 2.45) is 4.90 Å². The number of rotatable bonds is 3. The fourth-order valence-electron chi connectivity index (χ4n) is 0.349. The van der Waals surface area contributed by atoms with Crippen LogP contribution in [0, 0.1) is 0 Å². The Bertz CT molecular complexity index is 52.0. The van der Waals surface area contributed by atoms with E-state index in [9.17, 15) is 0 Å². The first-order valence-corrected chi connectivity index (χ1v) is 2.90. The first-order chi connectivity index (χ1) is 3.41. The Morgan fingerprint density at radius 3 is 2.57 bits per heavy atom. The Kier molecular flexibility index (Phi) is 5.75. The quantitative estimate of drug-likeness (QED) is 0.475. The minimum atomic E-state index is 0.931. The van der Waals surface area contributed by atoms with Crippen molar-refractivity contribution in [2.75, 3.05) is 6.54 Å². The van der Waals surface area contributed by atoms with Crippen LogP contribution in [-0.2, 0) is 0 Å². The van der Waals surface area contributed by atoms with E-state index in [1.807, 2.05) is 14.0 Å². The first-order valence-electron chi connectivity index (χ1n) is 2.90. The first kappa shape index (κ1) is 6.86. The Balaban J connectivity index is 2.78. The van der Waals surface area contributed by atoms with Crippen LogP contribution in [0.4, 0.5) is 0 Å². The maximum absolute atomic E-state index is 4.04. The van der Waals surface area contributed by atoms with Crippen LogP contribution < -0.4 is 0 Å². The zero-order valence-electron chi connectivity index (χ0n) is 5.15. The van der Waals surface area contributed by atoms with E-state index in [4.69, 9.17) is 0 Å². The van der Waals surface area contributed by atoms with Gasteiger partial charge in [-0.15, -0.1) is 0 Å². The van der Waals surface area contributed by atoms with Gasteiger partial charge in [0.1, 0.15) is 0 Å². The average Bonchev–Trinajstić information content (AvgIpc) is 1.69. The zero-order valence-corrected chi connectivity index (χ0v) is 5.15. The molecule has 0 radical (unpaired) electrons. The molecule has 0 atom stereocenters. The van der Waals surface area contributed by atoms with Crippen LogP contribution in [0.25, 0.3) is 0 Å². The molecule has 0 N–H and O–H groups in total. The third-order valence-electron chi connectivity index (χ3n) is 0.729. The molecule has 40 valence electrons. The van der Waals surface area contributed by atoms with E-state index in [1.54, 1.807) is 0 Å². The molecule has 0 aromatic heterocycles. The number of hydrogen-bond donors (Lipinski definition) is 0. The van der Waals surface area contributed by atoms with Crippen molar-refractivity contribution in [3.63, 3.8) is 0 Å². The molecule has 0 fully saturated rings.